The topological polar surface area (TPSA) is 163 Å². The van der Waals surface area contributed by atoms with E-state index >= 15 is 0 Å². The third-order valence-electron chi connectivity index (χ3n) is 17.4. The van der Waals surface area contributed by atoms with Crippen LogP contribution in [-0.4, -0.2) is 201 Å². The average Bonchev–Trinajstić information content (AvgIpc) is 0.729. The Labute approximate surface area is 549 Å². The third kappa shape index (κ3) is 34.9. The number of carbonyl (C=O) groups is 1. The van der Waals surface area contributed by atoms with E-state index in [0.29, 0.717) is 60.1 Å². The van der Waals surface area contributed by atoms with E-state index in [-0.39, 0.29) is 5.41 Å². The van der Waals surface area contributed by atoms with Crippen LogP contribution in [0.3, 0.4) is 0 Å². The summed E-state index contributed by atoms with van der Waals surface area (Å²) in [7, 11) is -42.6. The normalized spacial score (nSPS) is 33.3. The Morgan fingerprint density at radius 2 is 0.547 bits per heavy atom. The molecule has 0 spiro atoms. The fraction of sp³-hybridized carbons (Fsp3) is 0.896. The van der Waals surface area contributed by atoms with Crippen LogP contribution in [0.1, 0.15) is 89.9 Å². The van der Waals surface area contributed by atoms with Gasteiger partial charge in [-0.3, -0.25) is 65.6 Å². The van der Waals surface area contributed by atoms with Crippen molar-refractivity contribution in [1.82, 2.24) is 47.9 Å². The zero-order valence-corrected chi connectivity index (χ0v) is 57.9. The number of nitrogens with one attached hydrogen (secondary N) is 9. The molecule has 564 valence electrons. The molecule has 0 aromatic heterocycles. The summed E-state index contributed by atoms with van der Waals surface area (Å²) in [5.41, 5.74) is 5.70. The molecule has 8 aliphatic heterocycles. The van der Waals surface area contributed by atoms with Crippen molar-refractivity contribution in [2.45, 2.75) is 138 Å². The standard InChI is InChI=1S/C48H80N14OS4.4F6P/c49-31-67-30-42-8-16-62-15-7-41(57-47(62)58-42)29-66-28-40-6-14-61-13-5-39(55-46(61)56-40)27-65-26-38-4-12-60-11-3-37(53-45(60)54-38)25-64-24-36-2-10-59-9-1-35(51-44(59)52-36)23-50-43(63)48-20-32-17-33(21-48)19-34(18-32)22-48;4*1-7(2,3,4,5)6/h32-42H,1-31,49H2,(H5,50,51,52,53,54,55,56,57,58,63);;;;/q;4*-1/p+4/t32?,33?,34?,35-,36-,37-,38-,39-,40-,41-,42-,48?;;;;/m1..../s1. The van der Waals surface area contributed by atoms with Crippen LogP contribution < -0.4 is 53.6 Å². The summed E-state index contributed by atoms with van der Waals surface area (Å²) in [4.78, 5) is 13.6. The molecule has 0 radical (unpaired) electrons. The largest absolute Gasteiger partial charge is 0.352 e. The van der Waals surface area contributed by atoms with E-state index in [1.165, 1.54) is 88.0 Å². The molecule has 4 aliphatic carbocycles. The molecule has 95 heavy (non-hydrogen) atoms. The number of carbonyl (C=O) groups excluding carboxylic acids is 1. The summed E-state index contributed by atoms with van der Waals surface area (Å²) in [6.07, 6.45) is 17.1. The fourth-order valence-electron chi connectivity index (χ4n) is 13.9. The number of halogens is 24. The monoisotopic (exact) mass is 1580 g/mol. The van der Waals surface area contributed by atoms with E-state index in [2.05, 4.69) is 101 Å². The number of nitrogens with two attached hydrogens (primary N) is 1. The first kappa shape index (κ1) is 80.3. The van der Waals surface area contributed by atoms with Gasteiger partial charge in [0.15, 0.2) is 0 Å². The van der Waals surface area contributed by atoms with E-state index in [9.17, 15) is 106 Å². The molecule has 4 fully saturated rings. The second-order valence-corrected chi connectivity index (χ2v) is 38.2. The number of hydrogen-bond donors (Lipinski definition) is 10. The number of thioether (sulfide) groups is 4. The zero-order chi connectivity index (χ0) is 70.8. The van der Waals surface area contributed by atoms with Gasteiger partial charge in [0.25, 0.3) is 0 Å². The summed E-state index contributed by atoms with van der Waals surface area (Å²) in [5.74, 6) is 16.5. The van der Waals surface area contributed by atoms with E-state index in [1.54, 1.807) is 0 Å². The summed E-state index contributed by atoms with van der Waals surface area (Å²) in [5, 5.41) is 34.5. The van der Waals surface area contributed by atoms with Crippen LogP contribution in [-0.2, 0) is 4.79 Å². The Morgan fingerprint density at radius 3 is 0.758 bits per heavy atom. The van der Waals surface area contributed by atoms with Crippen LogP contribution in [0.2, 0.25) is 0 Å². The van der Waals surface area contributed by atoms with Crippen LogP contribution in [0, 0.1) is 23.2 Å². The van der Waals surface area contributed by atoms with Gasteiger partial charge in [0.2, 0.25) is 5.91 Å². The molecule has 0 aromatic carbocycles. The molecule has 4 saturated carbocycles. The minimum Gasteiger partial charge on any atom is -0.352 e. The second-order valence-electron chi connectivity index (χ2n) is 26.3. The van der Waals surface area contributed by atoms with E-state index in [4.69, 9.17) is 5.73 Å². The van der Waals surface area contributed by atoms with Gasteiger partial charge in [-0.05, 0) is 56.3 Å². The molecule has 0 aromatic rings. The van der Waals surface area contributed by atoms with Crippen molar-refractivity contribution < 1.29 is 124 Å². The summed E-state index contributed by atoms with van der Waals surface area (Å²) < 4.78 is 247. The van der Waals surface area contributed by atoms with Gasteiger partial charge in [-0.25, -0.2) is 0 Å². The van der Waals surface area contributed by atoms with E-state index in [1.807, 2.05) is 11.8 Å². The number of guanidine groups is 4. The van der Waals surface area contributed by atoms with Crippen LogP contribution >= 0.6 is 78.3 Å². The van der Waals surface area contributed by atoms with Crippen LogP contribution in [0.25, 0.3) is 0 Å². The van der Waals surface area contributed by atoms with Gasteiger partial charge >= 0.3 is 156 Å². The number of rotatable bonds is 18. The molecular weight excluding hydrogens is 1500 g/mol. The molecule has 47 heteroatoms. The minimum atomic E-state index is -10.7. The van der Waals surface area contributed by atoms with Crippen molar-refractivity contribution in [3.8, 4) is 0 Å². The molecule has 12 aliphatic rings. The quantitative estimate of drug-likeness (QED) is 0.0273. The van der Waals surface area contributed by atoms with Gasteiger partial charge in [-0.15, -0.1) is 11.8 Å². The Bertz CT molecular complexity index is 2680. The van der Waals surface area contributed by atoms with Crippen molar-refractivity contribution in [2.24, 2.45) is 28.9 Å². The first-order valence-corrected chi connectivity index (χ1v) is 43.6. The van der Waals surface area contributed by atoms with Gasteiger partial charge in [-0.2, -0.15) is 35.3 Å². The molecular formula is C48H84F24N14OP4S4. The molecule has 11 N–H and O–H groups in total. The predicted octanol–water partition coefficient (Wildman–Crippen LogP) is 14.1. The van der Waals surface area contributed by atoms with Gasteiger partial charge < -0.3 is 11.1 Å². The van der Waals surface area contributed by atoms with Crippen molar-refractivity contribution in [2.75, 3.05) is 105 Å². The first-order chi connectivity index (χ1) is 42.7. The SMILES string of the molecule is F[P-](F)(F)(F)(F)F.F[P-](F)(F)(F)(F)F.F[P-](F)(F)(F)(F)F.F[P-](F)(F)(F)(F)F.NCSC[C@H]1CC[N+]2=C(N1)N[C@@H](CSC[C@H]1CC[N+]3=C(N1)N[C@@H](CSC[C@H]1CC[N+]4=C(N[C@@H](CSC[C@H]5CC[N+]6=C(N[C@@H](CNC(=O)C78CC9CC(CC(C9)C7)C8)CC6)N5)CC4)N1)CC3)CC2. The Morgan fingerprint density at radius 1 is 0.358 bits per heavy atom. The predicted molar refractivity (Wildman–Crippen MR) is 334 cm³/mol. The average molecular weight is 1580 g/mol. The third-order valence-corrected chi connectivity index (χ3v) is 22.1. The number of nitrogens with zero attached hydrogens (tertiary/aromatic N) is 4. The second kappa shape index (κ2) is 27.0. The molecule has 4 bridgehead atoms. The molecule has 1 amide bonds. The van der Waals surface area contributed by atoms with E-state index in [0.717, 1.165) is 143 Å². The Balaban J connectivity index is 0.000000382. The van der Waals surface area contributed by atoms with Crippen molar-refractivity contribution in [3.05, 3.63) is 0 Å². The summed E-state index contributed by atoms with van der Waals surface area (Å²) in [6, 6.07) is 3.94. The molecule has 8 heterocycles. The van der Waals surface area contributed by atoms with Crippen molar-refractivity contribution in [1.29, 1.82) is 0 Å². The minimum absolute atomic E-state index is 0.0574. The maximum absolute atomic E-state index is 13.6. The number of hydrogen-bond acceptors (Lipinski definition) is 14. The van der Waals surface area contributed by atoms with Crippen LogP contribution in [0.4, 0.5) is 101 Å². The van der Waals surface area contributed by atoms with Gasteiger partial charge in [0.05, 0.1) is 107 Å². The molecule has 12 rings (SSSR count). The summed E-state index contributed by atoms with van der Waals surface area (Å²) in [6.45, 7) is 9.86. The number of amides is 1. The maximum atomic E-state index is 13.6. The van der Waals surface area contributed by atoms with Crippen LogP contribution in [0.5, 0.6) is 0 Å². The molecule has 15 nitrogen and oxygen atoms in total. The molecule has 8 atom stereocenters. The smallest absolute Gasteiger partial charge is 0.346 e. The molecule has 0 unspecified atom stereocenters. The maximum Gasteiger partial charge on any atom is 0.346 e. The van der Waals surface area contributed by atoms with Gasteiger partial charge in [0.1, 0.15) is 0 Å². The van der Waals surface area contributed by atoms with Crippen molar-refractivity contribution >= 4 is 108 Å². The van der Waals surface area contributed by atoms with Crippen LogP contribution in [0.15, 0.2) is 0 Å². The zero-order valence-electron chi connectivity index (χ0n) is 51.0. The molecule has 0 saturated heterocycles. The van der Waals surface area contributed by atoms with Crippen molar-refractivity contribution in [3.63, 3.8) is 0 Å². The fourth-order valence-corrected chi connectivity index (χ4v) is 18.2. The van der Waals surface area contributed by atoms with Gasteiger partial charge in [-0.1, -0.05) is 0 Å². The first-order valence-electron chi connectivity index (χ1n) is 30.8. The Kier molecular flexibility index (Phi) is 22.8. The van der Waals surface area contributed by atoms with E-state index < -0.39 is 31.2 Å². The Hall–Kier alpha value is -2.05. The van der Waals surface area contributed by atoms with Gasteiger partial charge in [0, 0.05) is 103 Å². The summed E-state index contributed by atoms with van der Waals surface area (Å²) >= 11 is 8.18.